The van der Waals surface area contributed by atoms with Gasteiger partial charge < -0.3 is 15.3 Å². The summed E-state index contributed by atoms with van der Waals surface area (Å²) in [7, 11) is 0. The summed E-state index contributed by atoms with van der Waals surface area (Å²) in [4.78, 5) is 16.9. The Morgan fingerprint density at radius 2 is 2.15 bits per heavy atom. The molecule has 1 aliphatic rings. The number of amidine groups is 1. The Balaban J connectivity index is 1.69. The van der Waals surface area contributed by atoms with E-state index in [1.165, 1.54) is 4.70 Å². The number of aryl methyl sites for hydroxylation is 1. The first-order valence-electron chi connectivity index (χ1n) is 11.9. The number of halogens is 1. The highest BCUT2D eigenvalue weighted by Crippen LogP contribution is 2.25. The minimum atomic E-state index is -0.0951. The Morgan fingerprint density at radius 3 is 2.91 bits per heavy atom. The summed E-state index contributed by atoms with van der Waals surface area (Å²) in [6, 6.07) is 5.82. The van der Waals surface area contributed by atoms with Crippen LogP contribution in [0.5, 0.6) is 0 Å². The highest BCUT2D eigenvalue weighted by atomic mass is 35.5. The maximum Gasteiger partial charge on any atom is 0.199 e. The molecule has 2 aromatic rings. The van der Waals surface area contributed by atoms with Crippen LogP contribution in [0.1, 0.15) is 45.0 Å². The highest BCUT2D eigenvalue weighted by Gasteiger charge is 2.18. The zero-order chi connectivity index (χ0) is 23.6. The molecule has 0 aliphatic carbocycles. The average Bonchev–Trinajstić information content (AvgIpc) is 3.23. The van der Waals surface area contributed by atoms with Gasteiger partial charge in [0.25, 0.3) is 0 Å². The van der Waals surface area contributed by atoms with E-state index in [0.29, 0.717) is 0 Å². The van der Waals surface area contributed by atoms with Crippen LogP contribution >= 0.6 is 34.7 Å². The Bertz CT molecular complexity index is 946. The topological polar surface area (TPSA) is 73.1 Å². The van der Waals surface area contributed by atoms with Crippen LogP contribution in [0.2, 0.25) is 5.02 Å². The second-order valence-corrected chi connectivity index (χ2v) is 11.3. The summed E-state index contributed by atoms with van der Waals surface area (Å²) >= 11 is 9.74. The third kappa shape index (κ3) is 8.12. The number of fused-ring (bicyclic) bond motifs is 1. The first kappa shape index (κ1) is 26.3. The van der Waals surface area contributed by atoms with Gasteiger partial charge in [-0.15, -0.1) is 11.3 Å². The molecule has 3 rings (SSSR count). The zero-order valence-electron chi connectivity index (χ0n) is 19.9. The summed E-state index contributed by atoms with van der Waals surface area (Å²) in [6.45, 7) is 9.12. The lowest BCUT2D eigenvalue weighted by Crippen LogP contribution is -2.46. The van der Waals surface area contributed by atoms with Crippen LogP contribution < -0.4 is 5.32 Å². The molecule has 0 saturated heterocycles. The monoisotopic (exact) mass is 509 g/mol. The zero-order valence-corrected chi connectivity index (χ0v) is 22.3. The Kier molecular flexibility index (Phi) is 10.8. The molecule has 6 nitrogen and oxygen atoms in total. The molecule has 0 bridgehead atoms. The normalized spacial score (nSPS) is 17.4. The van der Waals surface area contributed by atoms with E-state index in [1.54, 1.807) is 11.3 Å². The molecule has 1 atom stereocenters. The first-order chi connectivity index (χ1) is 16.0. The van der Waals surface area contributed by atoms with E-state index >= 15 is 0 Å². The van der Waals surface area contributed by atoms with E-state index in [4.69, 9.17) is 26.6 Å². The van der Waals surface area contributed by atoms with Gasteiger partial charge in [0.15, 0.2) is 5.96 Å². The molecule has 0 amide bonds. The molecule has 0 radical (unpaired) electrons. The van der Waals surface area contributed by atoms with Crippen molar-refractivity contribution in [3.63, 3.8) is 0 Å². The van der Waals surface area contributed by atoms with Gasteiger partial charge in [0, 0.05) is 31.1 Å². The maximum absolute atomic E-state index is 9.77. The van der Waals surface area contributed by atoms with Crippen LogP contribution in [0.4, 0.5) is 0 Å². The molecular formula is C24H36ClN5OS2. The number of guanidine groups is 1. The van der Waals surface area contributed by atoms with E-state index < -0.39 is 0 Å². The number of aliphatic hydroxyl groups is 1. The molecule has 0 saturated carbocycles. The molecule has 0 fully saturated rings. The van der Waals surface area contributed by atoms with E-state index in [0.717, 1.165) is 84.2 Å². The minimum absolute atomic E-state index is 0.0616. The van der Waals surface area contributed by atoms with Crippen molar-refractivity contribution in [1.29, 1.82) is 0 Å². The number of thiazole rings is 1. The summed E-state index contributed by atoms with van der Waals surface area (Å²) in [5.74, 6) is 4.00. The molecule has 0 spiro atoms. The van der Waals surface area contributed by atoms with Crippen molar-refractivity contribution in [1.82, 2.24) is 15.2 Å². The quantitative estimate of drug-likeness (QED) is 0.492. The molecule has 1 aromatic carbocycles. The van der Waals surface area contributed by atoms with Gasteiger partial charge in [0.1, 0.15) is 5.84 Å². The lowest BCUT2D eigenvalue weighted by molar-refractivity contribution is 0.239. The number of nitrogens with zero attached hydrogens (tertiary/aromatic N) is 4. The Labute approximate surface area is 210 Å². The largest absolute Gasteiger partial charge is 0.394 e. The standard InChI is InChI=1S/C24H36ClN5OS2/c1-4-11-30(12-5-7-23-28-19-14-18(25)8-9-21(19)33-23)24-26-10-6-13-32-16-22(29-24)27-20(15-31)17(2)3/h8-9,14,17,20,31H,4-7,10-13,15-16H2,1-3H3,(H,26,27,29). The number of aliphatic imine (C=N–C) groups is 2. The highest BCUT2D eigenvalue weighted by molar-refractivity contribution is 7.99. The Morgan fingerprint density at radius 1 is 1.30 bits per heavy atom. The fraction of sp³-hybridized carbons (Fsp3) is 0.625. The van der Waals surface area contributed by atoms with Crippen LogP contribution in [0.3, 0.4) is 0 Å². The van der Waals surface area contributed by atoms with Gasteiger partial charge in [-0.2, -0.15) is 11.8 Å². The summed E-state index contributed by atoms with van der Waals surface area (Å²) in [5, 5.41) is 15.2. The van der Waals surface area contributed by atoms with Gasteiger partial charge in [-0.3, -0.25) is 9.98 Å². The van der Waals surface area contributed by atoms with E-state index in [2.05, 4.69) is 31.0 Å². The second kappa shape index (κ2) is 13.5. The van der Waals surface area contributed by atoms with E-state index in [9.17, 15) is 5.11 Å². The molecule has 1 aromatic heterocycles. The molecular weight excluding hydrogens is 474 g/mol. The fourth-order valence-electron chi connectivity index (χ4n) is 3.64. The van der Waals surface area contributed by atoms with Crippen LogP contribution in [-0.4, -0.2) is 70.6 Å². The number of aromatic nitrogens is 1. The molecule has 2 heterocycles. The third-order valence-electron chi connectivity index (χ3n) is 5.49. The summed E-state index contributed by atoms with van der Waals surface area (Å²) < 4.78 is 1.18. The van der Waals surface area contributed by atoms with Gasteiger partial charge >= 0.3 is 0 Å². The summed E-state index contributed by atoms with van der Waals surface area (Å²) in [5.41, 5.74) is 0.983. The van der Waals surface area contributed by atoms with Crippen LogP contribution in [-0.2, 0) is 6.42 Å². The van der Waals surface area contributed by atoms with Gasteiger partial charge in [-0.1, -0.05) is 32.4 Å². The van der Waals surface area contributed by atoms with Gasteiger partial charge in [-0.05, 0) is 49.1 Å². The third-order valence-corrected chi connectivity index (χ3v) is 7.87. The maximum atomic E-state index is 9.77. The number of nitrogens with one attached hydrogen (secondary N) is 1. The molecule has 1 aliphatic heterocycles. The van der Waals surface area contributed by atoms with Crippen molar-refractivity contribution < 1.29 is 5.11 Å². The number of aliphatic hydroxyl groups excluding tert-OH is 1. The number of hydrogen-bond acceptors (Lipinski definition) is 7. The van der Waals surface area contributed by atoms with Gasteiger partial charge in [0.05, 0.1) is 33.6 Å². The summed E-state index contributed by atoms with van der Waals surface area (Å²) in [6.07, 6.45) is 4.04. The van der Waals surface area contributed by atoms with Gasteiger partial charge in [-0.25, -0.2) is 4.98 Å². The molecule has 33 heavy (non-hydrogen) atoms. The van der Waals surface area contributed by atoms with Crippen molar-refractivity contribution in [2.75, 3.05) is 37.7 Å². The second-order valence-electron chi connectivity index (χ2n) is 8.62. The van der Waals surface area contributed by atoms with E-state index in [-0.39, 0.29) is 18.6 Å². The van der Waals surface area contributed by atoms with Crippen molar-refractivity contribution >= 4 is 56.7 Å². The SMILES string of the molecule is CCCN(CCCc1nc2cc(Cl)ccc2s1)C1=NCCCSCC(=NC(CO)C(C)C)N1. The lowest BCUT2D eigenvalue weighted by Gasteiger charge is -2.27. The van der Waals surface area contributed by atoms with Crippen molar-refractivity contribution in [3.8, 4) is 0 Å². The molecule has 182 valence electrons. The van der Waals surface area contributed by atoms with Crippen molar-refractivity contribution in [2.45, 2.75) is 52.5 Å². The Hall–Kier alpha value is -1.35. The van der Waals surface area contributed by atoms with Crippen LogP contribution in [0.15, 0.2) is 28.2 Å². The fourth-order valence-corrected chi connectivity index (χ4v) is 5.62. The van der Waals surface area contributed by atoms with Crippen molar-refractivity contribution in [2.24, 2.45) is 15.9 Å². The number of rotatable bonds is 9. The molecule has 1 unspecified atom stereocenters. The number of benzene rings is 1. The first-order valence-corrected chi connectivity index (χ1v) is 14.2. The van der Waals surface area contributed by atoms with Crippen molar-refractivity contribution in [3.05, 3.63) is 28.2 Å². The smallest absolute Gasteiger partial charge is 0.199 e. The number of thioether (sulfide) groups is 1. The number of hydrogen-bond donors (Lipinski definition) is 2. The predicted octanol–water partition coefficient (Wildman–Crippen LogP) is 5.09. The average molecular weight is 510 g/mol. The van der Waals surface area contributed by atoms with Crippen LogP contribution in [0.25, 0.3) is 10.2 Å². The van der Waals surface area contributed by atoms with Crippen LogP contribution in [0, 0.1) is 5.92 Å². The van der Waals surface area contributed by atoms with E-state index in [1.807, 2.05) is 30.0 Å². The molecule has 2 N–H and O–H groups in total. The van der Waals surface area contributed by atoms with Gasteiger partial charge in [0.2, 0.25) is 0 Å². The predicted molar refractivity (Wildman–Crippen MR) is 145 cm³/mol. The minimum Gasteiger partial charge on any atom is -0.394 e. The molecule has 9 heteroatoms. The lowest BCUT2D eigenvalue weighted by atomic mass is 10.1.